The van der Waals surface area contributed by atoms with Crippen molar-refractivity contribution in [3.8, 4) is 0 Å². The van der Waals surface area contributed by atoms with E-state index in [4.69, 9.17) is 0 Å². The molecule has 0 saturated heterocycles. The second-order valence-corrected chi connectivity index (χ2v) is 8.96. The number of aromatic nitrogens is 4. The summed E-state index contributed by atoms with van der Waals surface area (Å²) in [6, 6.07) is 11.4. The lowest BCUT2D eigenvalue weighted by molar-refractivity contribution is -0.119. The Morgan fingerprint density at radius 2 is 2.07 bits per heavy atom. The summed E-state index contributed by atoms with van der Waals surface area (Å²) in [4.78, 5) is 26.6. The Morgan fingerprint density at radius 1 is 1.23 bits per heavy atom. The molecule has 0 aliphatic carbocycles. The van der Waals surface area contributed by atoms with Crippen molar-refractivity contribution in [2.45, 2.75) is 44.4 Å². The Kier molecular flexibility index (Phi) is 6.19. The van der Waals surface area contributed by atoms with E-state index < -0.39 is 0 Å². The van der Waals surface area contributed by atoms with Crippen molar-refractivity contribution in [2.75, 3.05) is 5.75 Å². The van der Waals surface area contributed by atoms with Crippen molar-refractivity contribution in [1.82, 2.24) is 24.5 Å². The fraction of sp³-hybridized carbons (Fsp3) is 0.333. The number of para-hydroxylation sites is 1. The van der Waals surface area contributed by atoms with Gasteiger partial charge < -0.3 is 5.32 Å². The van der Waals surface area contributed by atoms with Crippen molar-refractivity contribution >= 4 is 45.7 Å². The first-order valence-corrected chi connectivity index (χ1v) is 11.8. The quantitative estimate of drug-likeness (QED) is 0.420. The fourth-order valence-electron chi connectivity index (χ4n) is 3.37. The van der Waals surface area contributed by atoms with E-state index >= 15 is 0 Å². The first kappa shape index (κ1) is 20.6. The van der Waals surface area contributed by atoms with Gasteiger partial charge in [-0.1, -0.05) is 43.3 Å². The maximum Gasteiger partial charge on any atom is 0.262 e. The number of fused-ring (bicyclic) bond motifs is 3. The number of rotatable bonds is 8. The van der Waals surface area contributed by atoms with Gasteiger partial charge in [-0.2, -0.15) is 0 Å². The molecule has 3 heterocycles. The molecule has 1 aromatic carbocycles. The van der Waals surface area contributed by atoms with Crippen LogP contribution < -0.4 is 10.9 Å². The van der Waals surface area contributed by atoms with Crippen LogP contribution in [0.25, 0.3) is 16.7 Å². The summed E-state index contributed by atoms with van der Waals surface area (Å²) >= 11 is 2.94. The van der Waals surface area contributed by atoms with E-state index in [9.17, 15) is 9.59 Å². The lowest BCUT2D eigenvalue weighted by atomic mass is 10.2. The van der Waals surface area contributed by atoms with Gasteiger partial charge in [-0.25, -0.2) is 0 Å². The third-order valence-corrected chi connectivity index (χ3v) is 6.88. The number of thioether (sulfide) groups is 1. The first-order chi connectivity index (χ1) is 14.6. The zero-order valence-electron chi connectivity index (χ0n) is 16.9. The molecule has 1 unspecified atom stereocenters. The molecule has 3 aromatic heterocycles. The minimum Gasteiger partial charge on any atom is -0.348 e. The van der Waals surface area contributed by atoms with Crippen LogP contribution >= 0.6 is 23.1 Å². The molecule has 1 amide bonds. The molecule has 4 rings (SSSR count). The molecule has 9 heteroatoms. The zero-order chi connectivity index (χ0) is 21.1. The average Bonchev–Trinajstić information content (AvgIpc) is 3.43. The molecule has 7 nitrogen and oxygen atoms in total. The summed E-state index contributed by atoms with van der Waals surface area (Å²) in [7, 11) is 0. The Morgan fingerprint density at radius 3 is 2.83 bits per heavy atom. The number of hydrogen-bond donors (Lipinski definition) is 1. The van der Waals surface area contributed by atoms with Crippen LogP contribution in [0.3, 0.4) is 0 Å². The predicted octanol–water partition coefficient (Wildman–Crippen LogP) is 3.88. The van der Waals surface area contributed by atoms with Crippen LogP contribution in [0.15, 0.2) is 51.7 Å². The molecule has 0 saturated carbocycles. The lowest BCUT2D eigenvalue weighted by Crippen LogP contribution is -2.27. The topological polar surface area (TPSA) is 81.3 Å². The molecule has 0 bridgehead atoms. The Hall–Kier alpha value is -2.65. The van der Waals surface area contributed by atoms with Gasteiger partial charge >= 0.3 is 0 Å². The molecule has 4 aromatic rings. The Labute approximate surface area is 182 Å². The molecule has 1 N–H and O–H groups in total. The molecule has 0 spiro atoms. The number of benzene rings is 1. The highest BCUT2D eigenvalue weighted by Crippen LogP contribution is 2.23. The summed E-state index contributed by atoms with van der Waals surface area (Å²) < 4.78 is 3.56. The monoisotopic (exact) mass is 441 g/mol. The Bertz CT molecular complexity index is 1230. The minimum atomic E-state index is -0.0683. The van der Waals surface area contributed by atoms with E-state index in [0.717, 1.165) is 23.2 Å². The highest BCUT2D eigenvalue weighted by molar-refractivity contribution is 7.99. The van der Waals surface area contributed by atoms with Gasteiger partial charge in [-0.05, 0) is 36.9 Å². The van der Waals surface area contributed by atoms with Gasteiger partial charge in [-0.15, -0.1) is 21.5 Å². The summed E-state index contributed by atoms with van der Waals surface area (Å²) in [5.74, 6) is 0.669. The van der Waals surface area contributed by atoms with Gasteiger partial charge in [0.15, 0.2) is 5.16 Å². The maximum absolute atomic E-state index is 13.0. The average molecular weight is 442 g/mol. The van der Waals surface area contributed by atoms with Gasteiger partial charge in [-0.3, -0.25) is 18.6 Å². The number of aryl methyl sites for hydroxylation is 1. The Balaban J connectivity index is 1.62. The molecule has 0 aliphatic heterocycles. The number of hydrogen-bond acceptors (Lipinski definition) is 6. The third-order valence-electron chi connectivity index (χ3n) is 4.89. The van der Waals surface area contributed by atoms with Crippen LogP contribution in [0.1, 0.15) is 37.6 Å². The van der Waals surface area contributed by atoms with Gasteiger partial charge in [0.1, 0.15) is 0 Å². The number of unbranched alkanes of at least 4 members (excludes halogenated alkanes) is 1. The van der Waals surface area contributed by atoms with Gasteiger partial charge in [0, 0.05) is 11.4 Å². The largest absolute Gasteiger partial charge is 0.348 e. The van der Waals surface area contributed by atoms with Crippen molar-refractivity contribution in [2.24, 2.45) is 0 Å². The number of thiophene rings is 1. The van der Waals surface area contributed by atoms with Crippen LogP contribution in [-0.2, 0) is 11.3 Å². The molecule has 30 heavy (non-hydrogen) atoms. The maximum atomic E-state index is 13.0. The molecular weight excluding hydrogens is 418 g/mol. The second-order valence-electron chi connectivity index (χ2n) is 7.04. The zero-order valence-corrected chi connectivity index (χ0v) is 18.5. The number of carbonyl (C=O) groups excluding carboxylic acids is 1. The molecule has 156 valence electrons. The smallest absolute Gasteiger partial charge is 0.262 e. The van der Waals surface area contributed by atoms with E-state index in [2.05, 4.69) is 22.4 Å². The van der Waals surface area contributed by atoms with E-state index in [1.807, 2.05) is 53.1 Å². The van der Waals surface area contributed by atoms with Crippen molar-refractivity contribution < 1.29 is 4.79 Å². The summed E-state index contributed by atoms with van der Waals surface area (Å²) in [6.45, 7) is 4.65. The van der Waals surface area contributed by atoms with Gasteiger partial charge in [0.05, 0.1) is 22.7 Å². The molecule has 0 radical (unpaired) electrons. The minimum absolute atomic E-state index is 0.0340. The second kappa shape index (κ2) is 9.01. The van der Waals surface area contributed by atoms with Crippen LogP contribution in [0.5, 0.6) is 0 Å². The van der Waals surface area contributed by atoms with E-state index in [1.165, 1.54) is 11.8 Å². The van der Waals surface area contributed by atoms with E-state index in [-0.39, 0.29) is 23.3 Å². The van der Waals surface area contributed by atoms with Crippen LogP contribution in [0, 0.1) is 0 Å². The number of carbonyl (C=O) groups is 1. The number of nitrogens with one attached hydrogen (secondary N) is 1. The fourth-order valence-corrected chi connectivity index (χ4v) is 4.85. The van der Waals surface area contributed by atoms with E-state index in [1.54, 1.807) is 15.9 Å². The molecule has 0 fully saturated rings. The predicted molar refractivity (Wildman–Crippen MR) is 121 cm³/mol. The number of amides is 1. The van der Waals surface area contributed by atoms with Gasteiger partial charge in [0.2, 0.25) is 11.7 Å². The van der Waals surface area contributed by atoms with Gasteiger partial charge in [0.25, 0.3) is 5.56 Å². The normalized spacial score (nSPS) is 12.5. The van der Waals surface area contributed by atoms with Crippen LogP contribution in [-0.4, -0.2) is 30.8 Å². The summed E-state index contributed by atoms with van der Waals surface area (Å²) in [5, 5.41) is 14.8. The highest BCUT2D eigenvalue weighted by Gasteiger charge is 2.18. The summed E-state index contributed by atoms with van der Waals surface area (Å²) in [5.41, 5.74) is 0.697. The van der Waals surface area contributed by atoms with E-state index in [0.29, 0.717) is 22.9 Å². The van der Waals surface area contributed by atoms with Crippen molar-refractivity contribution in [3.05, 3.63) is 57.0 Å². The molecule has 1 atom stereocenters. The molecular formula is C21H23N5O2S2. The third kappa shape index (κ3) is 3.99. The SMILES string of the molecule is CCCCn1c(=O)c2ccccc2n2c(SCC(=O)NC(C)c3cccs3)nnc12. The first-order valence-electron chi connectivity index (χ1n) is 9.92. The van der Waals surface area contributed by atoms with Crippen LogP contribution in [0.4, 0.5) is 0 Å². The standard InChI is InChI=1S/C21H23N5O2S2/c1-3-4-11-25-19(28)15-8-5-6-9-16(15)26-20(25)23-24-21(26)30-13-18(27)22-14(2)17-10-7-12-29-17/h5-10,12,14H,3-4,11,13H2,1-2H3,(H,22,27). The highest BCUT2D eigenvalue weighted by atomic mass is 32.2. The lowest BCUT2D eigenvalue weighted by Gasteiger charge is -2.12. The number of nitrogens with zero attached hydrogens (tertiary/aromatic N) is 4. The van der Waals surface area contributed by atoms with Crippen LogP contribution in [0.2, 0.25) is 0 Å². The summed E-state index contributed by atoms with van der Waals surface area (Å²) in [6.07, 6.45) is 1.86. The van der Waals surface area contributed by atoms with Crippen molar-refractivity contribution in [3.63, 3.8) is 0 Å². The van der Waals surface area contributed by atoms with Crippen molar-refractivity contribution in [1.29, 1.82) is 0 Å². The molecule has 0 aliphatic rings.